The van der Waals surface area contributed by atoms with E-state index in [0.717, 1.165) is 44.6 Å². The number of aromatic nitrogens is 1. The van der Waals surface area contributed by atoms with Crippen molar-refractivity contribution in [1.82, 2.24) is 4.57 Å². The molecule has 4 aromatic carbocycles. The average Bonchev–Trinajstić information content (AvgIpc) is 3.32. The molecule has 6 aromatic rings. The largest absolute Gasteiger partial charge is 0.455 e. The highest BCUT2D eigenvalue weighted by molar-refractivity contribution is 6.31. The van der Waals surface area contributed by atoms with Gasteiger partial charge in [0.25, 0.3) is 0 Å². The van der Waals surface area contributed by atoms with Gasteiger partial charge in [0.1, 0.15) is 11.2 Å². The van der Waals surface area contributed by atoms with Gasteiger partial charge in [-0.2, -0.15) is 0 Å². The second-order valence-electron chi connectivity index (χ2n) is 8.08. The van der Waals surface area contributed by atoms with E-state index in [-0.39, 0.29) is 0 Å². The van der Waals surface area contributed by atoms with E-state index in [1.165, 1.54) is 22.0 Å². The van der Waals surface area contributed by atoms with Gasteiger partial charge >= 0.3 is 0 Å². The van der Waals surface area contributed by atoms with Gasteiger partial charge in [0.2, 0.25) is 0 Å². The number of fused-ring (bicyclic) bond motifs is 4. The Morgan fingerprint density at radius 2 is 1.61 bits per heavy atom. The van der Waals surface area contributed by atoms with Crippen molar-refractivity contribution >= 4 is 44.4 Å². The molecule has 0 saturated heterocycles. The quantitative estimate of drug-likeness (QED) is 0.281. The van der Waals surface area contributed by atoms with Crippen LogP contribution in [0, 0.1) is 6.92 Å². The number of hydrogen-bond acceptors (Lipinski definition) is 1. The minimum absolute atomic E-state index is 0.775. The van der Waals surface area contributed by atoms with Gasteiger partial charge in [0.05, 0.1) is 0 Å². The van der Waals surface area contributed by atoms with E-state index in [1.807, 2.05) is 24.3 Å². The maximum atomic E-state index is 6.21. The third kappa shape index (κ3) is 3.03. The molecule has 2 heterocycles. The summed E-state index contributed by atoms with van der Waals surface area (Å²) >= 11 is 6.19. The lowest BCUT2D eigenvalue weighted by Crippen LogP contribution is -1.97. The minimum Gasteiger partial charge on any atom is -0.455 e. The lowest BCUT2D eigenvalue weighted by molar-refractivity contribution is 0.670. The SMILES string of the molecule is Cc1cn(Cc2ccc(-c3cccc4c3oc3ccccc34)cc2)c2ccc(Cl)cc12. The van der Waals surface area contributed by atoms with E-state index in [2.05, 4.69) is 78.4 Å². The molecule has 0 bridgehead atoms. The second kappa shape index (κ2) is 7.04. The van der Waals surface area contributed by atoms with E-state index in [0.29, 0.717) is 0 Å². The molecule has 0 N–H and O–H groups in total. The van der Waals surface area contributed by atoms with Crippen LogP contribution in [0.2, 0.25) is 5.02 Å². The van der Waals surface area contributed by atoms with Crippen molar-refractivity contribution in [3.8, 4) is 11.1 Å². The topological polar surface area (TPSA) is 18.1 Å². The number of aryl methyl sites for hydroxylation is 1. The molecule has 0 radical (unpaired) electrons. The summed E-state index contributed by atoms with van der Waals surface area (Å²) in [6.45, 7) is 2.95. The molecule has 0 fully saturated rings. The molecule has 0 aliphatic heterocycles. The van der Waals surface area contributed by atoms with Crippen molar-refractivity contribution in [2.24, 2.45) is 0 Å². The maximum Gasteiger partial charge on any atom is 0.143 e. The Kier molecular flexibility index (Phi) is 4.15. The molecule has 0 aliphatic rings. The minimum atomic E-state index is 0.775. The van der Waals surface area contributed by atoms with Gasteiger partial charge in [-0.05, 0) is 47.9 Å². The Morgan fingerprint density at radius 1 is 0.806 bits per heavy atom. The van der Waals surface area contributed by atoms with Crippen LogP contribution in [0.1, 0.15) is 11.1 Å². The van der Waals surface area contributed by atoms with Gasteiger partial charge < -0.3 is 8.98 Å². The fourth-order valence-corrected chi connectivity index (χ4v) is 4.71. The number of rotatable bonds is 3. The van der Waals surface area contributed by atoms with Gasteiger partial charge in [0, 0.05) is 45.0 Å². The summed E-state index contributed by atoms with van der Waals surface area (Å²) in [7, 11) is 0. The summed E-state index contributed by atoms with van der Waals surface area (Å²) in [4.78, 5) is 0. The zero-order valence-electron chi connectivity index (χ0n) is 17.1. The second-order valence-corrected chi connectivity index (χ2v) is 8.52. The van der Waals surface area contributed by atoms with Crippen molar-refractivity contribution in [1.29, 1.82) is 0 Å². The highest BCUT2D eigenvalue weighted by Gasteiger charge is 2.12. The fraction of sp³-hybridized carbons (Fsp3) is 0.0714. The first-order valence-corrected chi connectivity index (χ1v) is 10.8. The molecule has 0 aliphatic carbocycles. The van der Waals surface area contributed by atoms with Gasteiger partial charge in [-0.1, -0.05) is 72.3 Å². The Balaban J connectivity index is 1.37. The van der Waals surface area contributed by atoms with Crippen molar-refractivity contribution in [3.63, 3.8) is 0 Å². The lowest BCUT2D eigenvalue weighted by atomic mass is 10.0. The number of nitrogens with zero attached hydrogens (tertiary/aromatic N) is 1. The van der Waals surface area contributed by atoms with Crippen molar-refractivity contribution in [2.45, 2.75) is 13.5 Å². The molecule has 150 valence electrons. The zero-order chi connectivity index (χ0) is 20.9. The molecular formula is C28H20ClNO. The average molecular weight is 422 g/mol. The van der Waals surface area contributed by atoms with Crippen LogP contribution in [0.25, 0.3) is 44.0 Å². The van der Waals surface area contributed by atoms with E-state index in [4.69, 9.17) is 16.0 Å². The smallest absolute Gasteiger partial charge is 0.143 e. The molecule has 0 amide bonds. The summed E-state index contributed by atoms with van der Waals surface area (Å²) < 4.78 is 8.50. The first kappa shape index (κ1) is 18.3. The molecule has 2 nitrogen and oxygen atoms in total. The normalized spacial score (nSPS) is 11.7. The Labute approximate surface area is 185 Å². The number of hydrogen-bond donors (Lipinski definition) is 0. The molecule has 2 aromatic heterocycles. The summed E-state index contributed by atoms with van der Waals surface area (Å²) in [5.74, 6) is 0. The summed E-state index contributed by atoms with van der Waals surface area (Å²) in [5, 5.41) is 4.30. The van der Waals surface area contributed by atoms with Crippen LogP contribution in [0.5, 0.6) is 0 Å². The Morgan fingerprint density at radius 3 is 2.48 bits per heavy atom. The van der Waals surface area contributed by atoms with Gasteiger partial charge in [0.15, 0.2) is 0 Å². The van der Waals surface area contributed by atoms with Crippen LogP contribution < -0.4 is 0 Å². The molecule has 0 saturated carbocycles. The first-order chi connectivity index (χ1) is 15.2. The molecule has 3 heteroatoms. The van der Waals surface area contributed by atoms with Gasteiger partial charge in [-0.25, -0.2) is 0 Å². The Bertz CT molecular complexity index is 1570. The van der Waals surface area contributed by atoms with Crippen LogP contribution in [-0.2, 0) is 6.54 Å². The summed E-state index contributed by atoms with van der Waals surface area (Å²) in [6, 6.07) is 29.5. The molecule has 31 heavy (non-hydrogen) atoms. The lowest BCUT2D eigenvalue weighted by Gasteiger charge is -2.08. The van der Waals surface area contributed by atoms with E-state index < -0.39 is 0 Å². The summed E-state index contributed by atoms with van der Waals surface area (Å²) in [6.07, 6.45) is 2.20. The van der Waals surface area contributed by atoms with Crippen LogP contribution in [0.4, 0.5) is 0 Å². The van der Waals surface area contributed by atoms with Crippen LogP contribution in [0.15, 0.2) is 95.5 Å². The third-order valence-corrected chi connectivity index (χ3v) is 6.30. The van der Waals surface area contributed by atoms with Crippen LogP contribution >= 0.6 is 11.6 Å². The number of benzene rings is 4. The van der Waals surface area contributed by atoms with E-state index in [1.54, 1.807) is 0 Å². The van der Waals surface area contributed by atoms with E-state index >= 15 is 0 Å². The third-order valence-electron chi connectivity index (χ3n) is 6.06. The molecule has 0 unspecified atom stereocenters. The molecule has 0 atom stereocenters. The standard InChI is InChI=1S/C28H20ClNO/c1-18-16-30(26-14-13-21(29)15-25(18)26)17-19-9-11-20(12-10-19)22-6-4-7-24-23-5-2-3-8-27(23)31-28(22)24/h2-16H,17H2,1H3. The highest BCUT2D eigenvalue weighted by Crippen LogP contribution is 2.35. The molecule has 6 rings (SSSR count). The zero-order valence-corrected chi connectivity index (χ0v) is 17.9. The Hall–Kier alpha value is -3.49. The number of halogens is 1. The van der Waals surface area contributed by atoms with Gasteiger partial charge in [-0.3, -0.25) is 0 Å². The summed E-state index contributed by atoms with van der Waals surface area (Å²) in [5.41, 5.74) is 7.86. The predicted molar refractivity (Wildman–Crippen MR) is 130 cm³/mol. The fourth-order valence-electron chi connectivity index (χ4n) is 4.54. The predicted octanol–water partition coefficient (Wildman–Crippen LogP) is 8.22. The number of furan rings is 1. The van der Waals surface area contributed by atoms with Crippen molar-refractivity contribution in [3.05, 3.63) is 107 Å². The van der Waals surface area contributed by atoms with Crippen molar-refractivity contribution < 1.29 is 4.42 Å². The van der Waals surface area contributed by atoms with Crippen molar-refractivity contribution in [2.75, 3.05) is 0 Å². The highest BCUT2D eigenvalue weighted by atomic mass is 35.5. The van der Waals surface area contributed by atoms with Crippen LogP contribution in [-0.4, -0.2) is 4.57 Å². The molecule has 0 spiro atoms. The molecular weight excluding hydrogens is 402 g/mol. The van der Waals surface area contributed by atoms with E-state index in [9.17, 15) is 0 Å². The van der Waals surface area contributed by atoms with Crippen LogP contribution in [0.3, 0.4) is 0 Å². The monoisotopic (exact) mass is 421 g/mol. The number of para-hydroxylation sites is 2. The first-order valence-electron chi connectivity index (χ1n) is 10.4. The van der Waals surface area contributed by atoms with Gasteiger partial charge in [-0.15, -0.1) is 0 Å². The maximum absolute atomic E-state index is 6.21.